The van der Waals surface area contributed by atoms with Gasteiger partial charge in [0.25, 0.3) is 0 Å². The fourth-order valence-electron chi connectivity index (χ4n) is 1.67. The summed E-state index contributed by atoms with van der Waals surface area (Å²) < 4.78 is 0. The molecule has 1 aliphatic rings. The summed E-state index contributed by atoms with van der Waals surface area (Å²) >= 11 is 0. The number of carbonyl (C=O) groups excluding carboxylic acids is 1. The van der Waals surface area contributed by atoms with Crippen molar-refractivity contribution in [2.24, 2.45) is 11.8 Å². The first-order chi connectivity index (χ1) is 5.24. The van der Waals surface area contributed by atoms with Crippen molar-refractivity contribution in [2.45, 2.75) is 20.3 Å². The number of aldehydes is 1. The Morgan fingerprint density at radius 1 is 1.36 bits per heavy atom. The second-order valence-electron chi connectivity index (χ2n) is 3.67. The first kappa shape index (κ1) is 8.72. The second-order valence-corrected chi connectivity index (χ2v) is 3.67. The lowest BCUT2D eigenvalue weighted by Gasteiger charge is -2.12. The van der Waals surface area contributed by atoms with E-state index in [1.165, 1.54) is 13.1 Å². The zero-order valence-corrected chi connectivity index (χ0v) is 7.42. The maximum atomic E-state index is 10.1. The van der Waals surface area contributed by atoms with Crippen LogP contribution in [0.5, 0.6) is 0 Å². The molecule has 0 saturated carbocycles. The van der Waals surface area contributed by atoms with Gasteiger partial charge in [0.15, 0.2) is 0 Å². The molecule has 2 nitrogen and oxygen atoms in total. The molecular formula is C9H17NO. The Morgan fingerprint density at radius 3 is 2.36 bits per heavy atom. The van der Waals surface area contributed by atoms with E-state index >= 15 is 0 Å². The summed E-state index contributed by atoms with van der Waals surface area (Å²) in [7, 11) is 0. The van der Waals surface area contributed by atoms with E-state index < -0.39 is 0 Å². The monoisotopic (exact) mass is 155 g/mol. The number of carbonyl (C=O) groups is 1. The molecule has 64 valence electrons. The van der Waals surface area contributed by atoms with Crippen LogP contribution in [-0.2, 0) is 4.79 Å². The molecule has 11 heavy (non-hydrogen) atoms. The third-order valence-corrected chi connectivity index (χ3v) is 2.63. The minimum atomic E-state index is 0.694. The molecule has 2 unspecified atom stereocenters. The Kier molecular flexibility index (Phi) is 3.06. The van der Waals surface area contributed by atoms with E-state index in [9.17, 15) is 4.79 Å². The molecule has 2 heteroatoms. The number of nitrogens with zero attached hydrogens (tertiary/aromatic N) is 1. The Hall–Kier alpha value is -0.370. The average molecular weight is 155 g/mol. The summed E-state index contributed by atoms with van der Waals surface area (Å²) in [4.78, 5) is 12.5. The SMILES string of the molecule is CC1CN(CCC=O)CC1C. The van der Waals surface area contributed by atoms with Crippen LogP contribution >= 0.6 is 0 Å². The topological polar surface area (TPSA) is 20.3 Å². The minimum Gasteiger partial charge on any atom is -0.303 e. The van der Waals surface area contributed by atoms with Crippen LogP contribution in [0.3, 0.4) is 0 Å². The Labute approximate surface area is 68.6 Å². The van der Waals surface area contributed by atoms with Crippen molar-refractivity contribution in [1.82, 2.24) is 4.90 Å². The van der Waals surface area contributed by atoms with Crippen LogP contribution in [0.25, 0.3) is 0 Å². The van der Waals surface area contributed by atoms with Crippen LogP contribution < -0.4 is 0 Å². The minimum absolute atomic E-state index is 0.694. The quantitative estimate of drug-likeness (QED) is 0.570. The van der Waals surface area contributed by atoms with Gasteiger partial charge in [0, 0.05) is 26.1 Å². The molecule has 0 N–H and O–H groups in total. The normalized spacial score (nSPS) is 32.5. The Bertz CT molecular complexity index is 126. The third-order valence-electron chi connectivity index (χ3n) is 2.63. The molecule has 0 aromatic rings. The largest absolute Gasteiger partial charge is 0.303 e. The maximum absolute atomic E-state index is 10.1. The van der Waals surface area contributed by atoms with Gasteiger partial charge in [-0.3, -0.25) is 0 Å². The Morgan fingerprint density at radius 2 is 1.91 bits per heavy atom. The van der Waals surface area contributed by atoms with Gasteiger partial charge in [0.1, 0.15) is 6.29 Å². The summed E-state index contributed by atoms with van der Waals surface area (Å²) in [5, 5.41) is 0. The molecule has 0 bridgehead atoms. The lowest BCUT2D eigenvalue weighted by molar-refractivity contribution is -0.108. The summed E-state index contributed by atoms with van der Waals surface area (Å²) in [6, 6.07) is 0. The number of rotatable bonds is 3. The standard InChI is InChI=1S/C9H17NO/c1-8-6-10(4-3-5-11)7-9(8)2/h5,8-9H,3-4,6-7H2,1-2H3. The summed E-state index contributed by atoms with van der Waals surface area (Å²) in [6.45, 7) is 7.87. The predicted octanol–water partition coefficient (Wildman–Crippen LogP) is 1.16. The van der Waals surface area contributed by atoms with Gasteiger partial charge in [-0.1, -0.05) is 13.8 Å². The van der Waals surface area contributed by atoms with Crippen molar-refractivity contribution in [2.75, 3.05) is 19.6 Å². The van der Waals surface area contributed by atoms with Gasteiger partial charge in [-0.25, -0.2) is 0 Å². The van der Waals surface area contributed by atoms with Crippen molar-refractivity contribution in [3.8, 4) is 0 Å². The summed E-state index contributed by atoms with van der Waals surface area (Å²) in [6.07, 6.45) is 1.70. The van der Waals surface area contributed by atoms with E-state index in [-0.39, 0.29) is 0 Å². The van der Waals surface area contributed by atoms with Gasteiger partial charge in [-0.2, -0.15) is 0 Å². The average Bonchev–Trinajstić information content (AvgIpc) is 2.28. The van der Waals surface area contributed by atoms with Gasteiger partial charge in [0.05, 0.1) is 0 Å². The maximum Gasteiger partial charge on any atom is 0.121 e. The fraction of sp³-hybridized carbons (Fsp3) is 0.889. The molecule has 0 spiro atoms. The molecule has 0 aromatic carbocycles. The van der Waals surface area contributed by atoms with Crippen LogP contribution in [0.2, 0.25) is 0 Å². The van der Waals surface area contributed by atoms with Crippen LogP contribution in [0.1, 0.15) is 20.3 Å². The highest BCUT2D eigenvalue weighted by Crippen LogP contribution is 2.21. The van der Waals surface area contributed by atoms with Crippen molar-refractivity contribution in [3.63, 3.8) is 0 Å². The zero-order chi connectivity index (χ0) is 8.27. The first-order valence-electron chi connectivity index (χ1n) is 4.40. The van der Waals surface area contributed by atoms with Crippen molar-refractivity contribution >= 4 is 6.29 Å². The molecule has 1 saturated heterocycles. The van der Waals surface area contributed by atoms with Gasteiger partial charge in [0.2, 0.25) is 0 Å². The summed E-state index contributed by atoms with van der Waals surface area (Å²) in [5.74, 6) is 1.61. The highest BCUT2D eigenvalue weighted by molar-refractivity contribution is 5.49. The molecule has 2 atom stereocenters. The predicted molar refractivity (Wildman–Crippen MR) is 45.4 cm³/mol. The smallest absolute Gasteiger partial charge is 0.121 e. The van der Waals surface area contributed by atoms with Gasteiger partial charge >= 0.3 is 0 Å². The molecule has 0 amide bonds. The van der Waals surface area contributed by atoms with Crippen molar-refractivity contribution < 1.29 is 4.79 Å². The highest BCUT2D eigenvalue weighted by atomic mass is 16.1. The van der Waals surface area contributed by atoms with Crippen LogP contribution in [0, 0.1) is 11.8 Å². The molecule has 0 radical (unpaired) electrons. The van der Waals surface area contributed by atoms with Crippen LogP contribution in [0.15, 0.2) is 0 Å². The Balaban J connectivity index is 2.23. The number of hydrogen-bond donors (Lipinski definition) is 0. The molecular weight excluding hydrogens is 138 g/mol. The van der Waals surface area contributed by atoms with Gasteiger partial charge in [-0.15, -0.1) is 0 Å². The van der Waals surface area contributed by atoms with Crippen LogP contribution in [-0.4, -0.2) is 30.8 Å². The van der Waals surface area contributed by atoms with Crippen molar-refractivity contribution in [1.29, 1.82) is 0 Å². The fourth-order valence-corrected chi connectivity index (χ4v) is 1.67. The van der Waals surface area contributed by atoms with E-state index in [4.69, 9.17) is 0 Å². The first-order valence-corrected chi connectivity index (χ1v) is 4.40. The lowest BCUT2D eigenvalue weighted by Crippen LogP contribution is -2.22. The second kappa shape index (κ2) is 3.86. The van der Waals surface area contributed by atoms with E-state index in [0.29, 0.717) is 6.42 Å². The number of likely N-dealkylation sites (tertiary alicyclic amines) is 1. The van der Waals surface area contributed by atoms with Crippen LogP contribution in [0.4, 0.5) is 0 Å². The third kappa shape index (κ3) is 2.29. The summed E-state index contributed by atoms with van der Waals surface area (Å²) in [5.41, 5.74) is 0. The molecule has 0 aromatic heterocycles. The van der Waals surface area contributed by atoms with Gasteiger partial charge in [-0.05, 0) is 11.8 Å². The number of hydrogen-bond acceptors (Lipinski definition) is 2. The van der Waals surface area contributed by atoms with E-state index in [2.05, 4.69) is 18.7 Å². The zero-order valence-electron chi connectivity index (χ0n) is 7.42. The highest BCUT2D eigenvalue weighted by Gasteiger charge is 2.24. The van der Waals surface area contributed by atoms with E-state index in [0.717, 1.165) is 24.7 Å². The van der Waals surface area contributed by atoms with E-state index in [1.807, 2.05) is 0 Å². The molecule has 1 fully saturated rings. The lowest BCUT2D eigenvalue weighted by atomic mass is 10.0. The van der Waals surface area contributed by atoms with Gasteiger partial charge < -0.3 is 9.69 Å². The van der Waals surface area contributed by atoms with Crippen molar-refractivity contribution in [3.05, 3.63) is 0 Å². The molecule has 1 rings (SSSR count). The molecule has 1 heterocycles. The van der Waals surface area contributed by atoms with E-state index in [1.54, 1.807) is 0 Å². The molecule has 1 aliphatic heterocycles. The molecule has 0 aliphatic carbocycles.